The van der Waals surface area contributed by atoms with Gasteiger partial charge >= 0.3 is 5.97 Å². The van der Waals surface area contributed by atoms with Gasteiger partial charge < -0.3 is 19.4 Å². The zero-order valence-corrected chi connectivity index (χ0v) is 14.8. The van der Waals surface area contributed by atoms with Crippen LogP contribution in [0.1, 0.15) is 17.8 Å². The zero-order chi connectivity index (χ0) is 18.9. The fourth-order valence-electron chi connectivity index (χ4n) is 4.72. The van der Waals surface area contributed by atoms with Gasteiger partial charge in [0.25, 0.3) is 11.6 Å². The molecule has 2 aromatic carbocycles. The van der Waals surface area contributed by atoms with E-state index in [0.717, 1.165) is 21.8 Å². The number of aromatic amines is 2. The maximum Gasteiger partial charge on any atom is 0.378 e. The van der Waals surface area contributed by atoms with Crippen LogP contribution in [0.4, 0.5) is 0 Å². The number of rotatable bonds is 2. The first-order chi connectivity index (χ1) is 13.6. The third-order valence-corrected chi connectivity index (χ3v) is 6.03. The third-order valence-electron chi connectivity index (χ3n) is 6.03. The Morgan fingerprint density at radius 2 is 1.43 bits per heavy atom. The van der Waals surface area contributed by atoms with Gasteiger partial charge in [-0.1, -0.05) is 36.4 Å². The highest BCUT2D eigenvalue weighted by Crippen LogP contribution is 2.57. The summed E-state index contributed by atoms with van der Waals surface area (Å²) < 4.78 is 11.8. The van der Waals surface area contributed by atoms with E-state index in [1.165, 1.54) is 0 Å². The molecule has 0 aliphatic carbocycles. The van der Waals surface area contributed by atoms with E-state index < -0.39 is 23.0 Å². The van der Waals surface area contributed by atoms with E-state index in [1.54, 1.807) is 0 Å². The third kappa shape index (κ3) is 1.71. The highest BCUT2D eigenvalue weighted by Gasteiger charge is 2.74. The van der Waals surface area contributed by atoms with Crippen molar-refractivity contribution < 1.29 is 19.1 Å². The Morgan fingerprint density at radius 3 is 2.11 bits per heavy atom. The van der Waals surface area contributed by atoms with Gasteiger partial charge in [-0.25, -0.2) is 4.79 Å². The van der Waals surface area contributed by atoms with Crippen molar-refractivity contribution in [2.45, 2.75) is 17.6 Å². The molecule has 2 fully saturated rings. The number of carbonyl (C=O) groups excluding carboxylic acids is 2. The van der Waals surface area contributed by atoms with Crippen LogP contribution in [0.3, 0.4) is 0 Å². The van der Waals surface area contributed by atoms with Gasteiger partial charge in [0.1, 0.15) is 0 Å². The summed E-state index contributed by atoms with van der Waals surface area (Å²) in [7, 11) is 0. The minimum absolute atomic E-state index is 0.309. The molecular formula is C22H16N2O4. The van der Waals surface area contributed by atoms with Crippen molar-refractivity contribution in [3.8, 4) is 0 Å². The molecule has 2 aromatic heterocycles. The average molecular weight is 372 g/mol. The molecule has 0 radical (unpaired) electrons. The average Bonchev–Trinajstić information content (AvgIpc) is 3.44. The number of H-pyrrole nitrogens is 2. The second-order valence-electron chi connectivity index (χ2n) is 7.38. The summed E-state index contributed by atoms with van der Waals surface area (Å²) in [6.45, 7) is 0.309. The predicted molar refractivity (Wildman–Crippen MR) is 102 cm³/mol. The molecule has 4 aromatic rings. The molecule has 2 N–H and O–H groups in total. The number of ketones is 1. The van der Waals surface area contributed by atoms with Crippen LogP contribution in [0.15, 0.2) is 60.7 Å². The van der Waals surface area contributed by atoms with Gasteiger partial charge in [0.05, 0.1) is 12.3 Å². The monoisotopic (exact) mass is 372 g/mol. The molecule has 6 rings (SSSR count). The van der Waals surface area contributed by atoms with Crippen molar-refractivity contribution in [2.75, 3.05) is 6.61 Å². The quantitative estimate of drug-likeness (QED) is 0.418. The summed E-state index contributed by atoms with van der Waals surface area (Å²) in [5, 5.41) is 1.93. The number of fused-ring (bicyclic) bond motifs is 3. The molecule has 0 amide bonds. The number of nitrogens with one attached hydrogen (secondary N) is 2. The fourth-order valence-corrected chi connectivity index (χ4v) is 4.72. The maximum absolute atomic E-state index is 13.2. The standard InChI is InChI=1S/C22H16N2O4/c25-19-20(26)28-22(18-12-14-6-2-4-8-16(14)24-18)21(19,9-10-27-22)17-11-13-5-1-3-7-15(13)23-17/h1-8,11-12,23-24H,9-10H2. The van der Waals surface area contributed by atoms with E-state index in [-0.39, 0.29) is 0 Å². The summed E-state index contributed by atoms with van der Waals surface area (Å²) in [4.78, 5) is 32.3. The molecule has 0 spiro atoms. The lowest BCUT2D eigenvalue weighted by Crippen LogP contribution is -2.47. The smallest absolute Gasteiger partial charge is 0.378 e. The lowest BCUT2D eigenvalue weighted by atomic mass is 9.72. The Kier molecular flexibility index (Phi) is 2.86. The fraction of sp³-hybridized carbons (Fsp3) is 0.182. The number of Topliss-reactive ketones (excluding diaryl/α,β-unsaturated/α-hetero) is 1. The number of carbonyl (C=O) groups is 2. The van der Waals surface area contributed by atoms with Crippen molar-refractivity contribution in [2.24, 2.45) is 0 Å². The van der Waals surface area contributed by atoms with Crippen LogP contribution in [0, 0.1) is 0 Å². The van der Waals surface area contributed by atoms with Gasteiger partial charge in [0.15, 0.2) is 5.41 Å². The first kappa shape index (κ1) is 15.7. The molecule has 138 valence electrons. The number of hydrogen-bond acceptors (Lipinski definition) is 4. The molecule has 6 heteroatoms. The Bertz CT molecular complexity index is 1220. The molecule has 2 saturated heterocycles. The minimum Gasteiger partial charge on any atom is -0.420 e. The lowest BCUT2D eigenvalue weighted by Gasteiger charge is -2.33. The minimum atomic E-state index is -1.50. The van der Waals surface area contributed by atoms with E-state index in [4.69, 9.17) is 9.47 Å². The van der Waals surface area contributed by atoms with Gasteiger partial charge in [0.2, 0.25) is 0 Å². The molecule has 2 aliphatic heterocycles. The van der Waals surface area contributed by atoms with Crippen LogP contribution < -0.4 is 0 Å². The highest BCUT2D eigenvalue weighted by atomic mass is 16.7. The first-order valence-electron chi connectivity index (χ1n) is 9.22. The van der Waals surface area contributed by atoms with Gasteiger partial charge in [-0.15, -0.1) is 0 Å². The van der Waals surface area contributed by atoms with Crippen molar-refractivity contribution in [3.05, 3.63) is 72.1 Å². The second kappa shape index (κ2) is 5.11. The molecule has 6 nitrogen and oxygen atoms in total. The van der Waals surface area contributed by atoms with E-state index in [9.17, 15) is 9.59 Å². The summed E-state index contributed by atoms with van der Waals surface area (Å²) in [6, 6.07) is 19.3. The topological polar surface area (TPSA) is 84.2 Å². The maximum atomic E-state index is 13.2. The lowest BCUT2D eigenvalue weighted by molar-refractivity contribution is -0.215. The van der Waals surface area contributed by atoms with Crippen molar-refractivity contribution in [1.82, 2.24) is 9.97 Å². The predicted octanol–water partition coefficient (Wildman–Crippen LogP) is 3.29. The molecule has 28 heavy (non-hydrogen) atoms. The number of benzene rings is 2. The molecule has 0 bridgehead atoms. The number of ether oxygens (including phenoxy) is 2. The van der Waals surface area contributed by atoms with Crippen LogP contribution in [0.5, 0.6) is 0 Å². The van der Waals surface area contributed by atoms with Crippen LogP contribution in [-0.2, 0) is 30.3 Å². The molecule has 0 saturated carbocycles. The Hall–Kier alpha value is -3.38. The summed E-state index contributed by atoms with van der Waals surface area (Å²) in [5.41, 5.74) is 1.76. The van der Waals surface area contributed by atoms with Crippen LogP contribution in [-0.4, -0.2) is 28.3 Å². The largest absolute Gasteiger partial charge is 0.420 e. The molecule has 4 heterocycles. The van der Waals surface area contributed by atoms with Crippen molar-refractivity contribution in [1.29, 1.82) is 0 Å². The van der Waals surface area contributed by atoms with E-state index in [1.807, 2.05) is 60.7 Å². The normalized spacial score (nSPS) is 26.9. The highest BCUT2D eigenvalue weighted by molar-refractivity contribution is 6.40. The van der Waals surface area contributed by atoms with Gasteiger partial charge in [-0.3, -0.25) is 4.79 Å². The van der Waals surface area contributed by atoms with E-state index in [0.29, 0.717) is 24.4 Å². The number of esters is 1. The Labute approximate surface area is 159 Å². The van der Waals surface area contributed by atoms with Gasteiger partial charge in [-0.05, 0) is 41.5 Å². The molecule has 2 aliphatic rings. The van der Waals surface area contributed by atoms with Gasteiger partial charge in [-0.2, -0.15) is 0 Å². The number of aromatic nitrogens is 2. The Balaban J connectivity index is 1.64. The molecular weight excluding hydrogens is 356 g/mol. The van der Waals surface area contributed by atoms with Crippen molar-refractivity contribution in [3.63, 3.8) is 0 Å². The van der Waals surface area contributed by atoms with Crippen LogP contribution in [0.25, 0.3) is 21.8 Å². The number of hydrogen-bond donors (Lipinski definition) is 2. The molecule has 2 atom stereocenters. The Morgan fingerprint density at radius 1 is 0.821 bits per heavy atom. The molecule has 2 unspecified atom stereocenters. The zero-order valence-electron chi connectivity index (χ0n) is 14.8. The number of para-hydroxylation sites is 2. The summed E-state index contributed by atoms with van der Waals surface area (Å²) in [6.07, 6.45) is 0.361. The van der Waals surface area contributed by atoms with Crippen LogP contribution in [0.2, 0.25) is 0 Å². The van der Waals surface area contributed by atoms with Gasteiger partial charge in [0, 0.05) is 16.7 Å². The van der Waals surface area contributed by atoms with Crippen LogP contribution >= 0.6 is 0 Å². The summed E-state index contributed by atoms with van der Waals surface area (Å²) >= 11 is 0. The SMILES string of the molecule is O=C1OC2(c3cc4ccccc4[nH]3)OCCC2(c2cc3ccccc3[nH]2)C1=O. The van der Waals surface area contributed by atoms with Crippen molar-refractivity contribution >= 4 is 33.6 Å². The van der Waals surface area contributed by atoms with E-state index in [2.05, 4.69) is 9.97 Å². The first-order valence-corrected chi connectivity index (χ1v) is 9.22. The summed E-state index contributed by atoms with van der Waals surface area (Å²) in [5.74, 6) is -2.94. The second-order valence-corrected chi connectivity index (χ2v) is 7.38. The van der Waals surface area contributed by atoms with E-state index >= 15 is 0 Å².